The monoisotopic (exact) mass is 350 g/mol. The average molecular weight is 350 g/mol. The second-order valence-corrected chi connectivity index (χ2v) is 5.39. The zero-order chi connectivity index (χ0) is 18.6. The molecule has 26 heavy (non-hydrogen) atoms. The quantitative estimate of drug-likeness (QED) is 0.637. The van der Waals surface area contributed by atoms with Crippen LogP contribution < -0.4 is 16.0 Å². The van der Waals surface area contributed by atoms with Gasteiger partial charge in [-0.2, -0.15) is 5.26 Å². The first kappa shape index (κ1) is 18.9. The Balaban J connectivity index is 2.13. The Morgan fingerprint density at radius 3 is 1.88 bits per heavy atom. The molecular formula is C20H22N4O2. The van der Waals surface area contributed by atoms with Crippen LogP contribution >= 0.6 is 0 Å². The average Bonchev–Trinajstić information content (AvgIpc) is 2.68. The normalized spacial score (nSPS) is 9.54. The van der Waals surface area contributed by atoms with Crippen molar-refractivity contribution in [2.75, 3.05) is 6.61 Å². The van der Waals surface area contributed by atoms with Gasteiger partial charge in [0.15, 0.2) is 5.70 Å². The van der Waals surface area contributed by atoms with Crippen molar-refractivity contribution in [1.82, 2.24) is 16.0 Å². The molecule has 2 aromatic rings. The number of rotatable bonds is 8. The molecule has 0 radical (unpaired) electrons. The van der Waals surface area contributed by atoms with Gasteiger partial charge in [-0.3, -0.25) is 5.32 Å². The first-order valence-electron chi connectivity index (χ1n) is 8.36. The smallest absolute Gasteiger partial charge is 0.412 e. The third-order valence-corrected chi connectivity index (χ3v) is 3.49. The highest BCUT2D eigenvalue weighted by Crippen LogP contribution is 2.04. The molecule has 2 rings (SSSR count). The molecule has 0 aliphatic carbocycles. The van der Waals surface area contributed by atoms with Crippen molar-refractivity contribution in [3.05, 3.63) is 83.3 Å². The standard InChI is InChI=1S/C20H22N4O2/c1-2-26-20(25)24-18(13-21)19(22-14-16-9-5-3-6-10-16)23-15-17-11-7-4-8-12-17/h3-12,22-23H,2,14-15H2,1H3,(H,24,25). The Morgan fingerprint density at radius 1 is 0.962 bits per heavy atom. The lowest BCUT2D eigenvalue weighted by molar-refractivity contribution is 0.155. The van der Waals surface area contributed by atoms with Crippen LogP contribution in [-0.2, 0) is 17.8 Å². The molecule has 0 unspecified atom stereocenters. The Bertz CT molecular complexity index is 722. The topological polar surface area (TPSA) is 86.2 Å². The summed E-state index contributed by atoms with van der Waals surface area (Å²) in [6.07, 6.45) is -0.662. The predicted molar refractivity (Wildman–Crippen MR) is 99.4 cm³/mol. The number of carbonyl (C=O) groups is 1. The summed E-state index contributed by atoms with van der Waals surface area (Å²) in [6, 6.07) is 21.6. The number of carbonyl (C=O) groups excluding carboxylic acids is 1. The van der Waals surface area contributed by atoms with E-state index in [-0.39, 0.29) is 12.3 Å². The van der Waals surface area contributed by atoms with E-state index in [0.29, 0.717) is 18.9 Å². The molecule has 0 aliphatic heterocycles. The van der Waals surface area contributed by atoms with Gasteiger partial charge in [-0.1, -0.05) is 60.7 Å². The van der Waals surface area contributed by atoms with Gasteiger partial charge < -0.3 is 15.4 Å². The molecule has 0 spiro atoms. The van der Waals surface area contributed by atoms with E-state index in [2.05, 4.69) is 16.0 Å². The van der Waals surface area contributed by atoms with Crippen molar-refractivity contribution in [2.24, 2.45) is 0 Å². The van der Waals surface area contributed by atoms with Gasteiger partial charge in [0.25, 0.3) is 0 Å². The number of hydrogen-bond donors (Lipinski definition) is 3. The first-order chi connectivity index (χ1) is 12.7. The molecule has 0 aliphatic rings. The summed E-state index contributed by atoms with van der Waals surface area (Å²) in [4.78, 5) is 11.7. The van der Waals surface area contributed by atoms with Gasteiger partial charge in [0.1, 0.15) is 11.9 Å². The summed E-state index contributed by atoms with van der Waals surface area (Å²) in [5.74, 6) is 0.438. The minimum Gasteiger partial charge on any atom is -0.450 e. The van der Waals surface area contributed by atoms with Crippen LogP contribution in [0.2, 0.25) is 0 Å². The van der Waals surface area contributed by atoms with Crippen molar-refractivity contribution in [3.63, 3.8) is 0 Å². The van der Waals surface area contributed by atoms with Crippen LogP contribution in [0, 0.1) is 11.3 Å². The van der Waals surface area contributed by atoms with Crippen molar-refractivity contribution < 1.29 is 9.53 Å². The number of alkyl carbamates (subject to hydrolysis) is 1. The molecule has 0 atom stereocenters. The van der Waals surface area contributed by atoms with Crippen LogP contribution in [0.4, 0.5) is 4.79 Å². The summed E-state index contributed by atoms with van der Waals surface area (Å²) in [6.45, 7) is 2.95. The number of benzene rings is 2. The van der Waals surface area contributed by atoms with Crippen LogP contribution in [0.1, 0.15) is 18.1 Å². The van der Waals surface area contributed by atoms with Crippen LogP contribution in [-0.4, -0.2) is 12.7 Å². The van der Waals surface area contributed by atoms with Crippen LogP contribution in [0.5, 0.6) is 0 Å². The van der Waals surface area contributed by atoms with Gasteiger partial charge in [-0.15, -0.1) is 0 Å². The molecule has 6 nitrogen and oxygen atoms in total. The lowest BCUT2D eigenvalue weighted by atomic mass is 10.2. The van der Waals surface area contributed by atoms with Gasteiger partial charge in [-0.25, -0.2) is 4.79 Å². The number of nitrogens with one attached hydrogen (secondary N) is 3. The molecule has 0 fully saturated rings. The van der Waals surface area contributed by atoms with E-state index in [0.717, 1.165) is 11.1 Å². The Labute approximate surface area is 153 Å². The van der Waals surface area contributed by atoms with Gasteiger partial charge in [-0.05, 0) is 18.1 Å². The van der Waals surface area contributed by atoms with E-state index < -0.39 is 6.09 Å². The molecule has 2 aromatic carbocycles. The fourth-order valence-electron chi connectivity index (χ4n) is 2.23. The Kier molecular flexibility index (Phi) is 7.56. The number of nitriles is 1. The molecular weight excluding hydrogens is 328 g/mol. The van der Waals surface area contributed by atoms with Gasteiger partial charge in [0, 0.05) is 13.1 Å². The fourth-order valence-corrected chi connectivity index (χ4v) is 2.23. The number of amides is 1. The lowest BCUT2D eigenvalue weighted by Gasteiger charge is -2.16. The van der Waals surface area contributed by atoms with E-state index in [1.807, 2.05) is 66.7 Å². The number of allylic oxidation sites excluding steroid dienone is 1. The number of nitrogens with zero attached hydrogens (tertiary/aromatic N) is 1. The van der Waals surface area contributed by atoms with E-state index in [4.69, 9.17) is 4.74 Å². The molecule has 134 valence electrons. The maximum Gasteiger partial charge on any atom is 0.412 e. The van der Waals surface area contributed by atoms with Crippen molar-refractivity contribution in [3.8, 4) is 6.07 Å². The molecule has 0 heterocycles. The summed E-state index contributed by atoms with van der Waals surface area (Å²) in [7, 11) is 0. The van der Waals surface area contributed by atoms with E-state index in [1.165, 1.54) is 0 Å². The summed E-state index contributed by atoms with van der Waals surface area (Å²) < 4.78 is 4.86. The van der Waals surface area contributed by atoms with E-state index >= 15 is 0 Å². The Morgan fingerprint density at radius 2 is 1.46 bits per heavy atom. The molecule has 3 N–H and O–H groups in total. The summed E-state index contributed by atoms with van der Waals surface area (Å²) in [5.41, 5.74) is 2.19. The highest BCUT2D eigenvalue weighted by molar-refractivity contribution is 5.70. The SMILES string of the molecule is CCOC(=O)NC(C#N)=C(NCc1ccccc1)NCc1ccccc1. The zero-order valence-electron chi connectivity index (χ0n) is 14.7. The van der Waals surface area contributed by atoms with Crippen LogP contribution in [0.25, 0.3) is 0 Å². The lowest BCUT2D eigenvalue weighted by Crippen LogP contribution is -2.33. The van der Waals surface area contributed by atoms with Crippen LogP contribution in [0.15, 0.2) is 72.2 Å². The summed E-state index contributed by atoms with van der Waals surface area (Å²) >= 11 is 0. The molecule has 0 saturated carbocycles. The highest BCUT2D eigenvalue weighted by atomic mass is 16.5. The van der Waals surface area contributed by atoms with Crippen molar-refractivity contribution >= 4 is 6.09 Å². The Hall–Kier alpha value is -3.46. The fraction of sp³-hybridized carbons (Fsp3) is 0.200. The van der Waals surface area contributed by atoms with Crippen LogP contribution in [0.3, 0.4) is 0 Å². The van der Waals surface area contributed by atoms with Gasteiger partial charge in [0.2, 0.25) is 0 Å². The molecule has 0 saturated heterocycles. The molecule has 0 bridgehead atoms. The van der Waals surface area contributed by atoms with Gasteiger partial charge >= 0.3 is 6.09 Å². The zero-order valence-corrected chi connectivity index (χ0v) is 14.7. The molecule has 1 amide bonds. The van der Waals surface area contributed by atoms with E-state index in [9.17, 15) is 10.1 Å². The third-order valence-electron chi connectivity index (χ3n) is 3.49. The highest BCUT2D eigenvalue weighted by Gasteiger charge is 2.11. The van der Waals surface area contributed by atoms with Crippen molar-refractivity contribution in [1.29, 1.82) is 5.26 Å². The van der Waals surface area contributed by atoms with Gasteiger partial charge in [0.05, 0.1) is 6.61 Å². The second-order valence-electron chi connectivity index (χ2n) is 5.39. The number of ether oxygens (including phenoxy) is 1. The first-order valence-corrected chi connectivity index (χ1v) is 8.36. The van der Waals surface area contributed by atoms with E-state index in [1.54, 1.807) is 6.92 Å². The minimum atomic E-state index is -0.662. The summed E-state index contributed by atoms with van der Waals surface area (Å²) in [5, 5.41) is 18.3. The van der Waals surface area contributed by atoms with Crippen molar-refractivity contribution in [2.45, 2.75) is 20.0 Å². The number of hydrogen-bond acceptors (Lipinski definition) is 5. The maximum absolute atomic E-state index is 11.7. The maximum atomic E-state index is 11.7. The second kappa shape index (κ2) is 10.4. The largest absolute Gasteiger partial charge is 0.450 e. The molecule has 0 aromatic heterocycles. The third kappa shape index (κ3) is 6.21. The molecule has 6 heteroatoms. The minimum absolute atomic E-state index is 0.0790. The predicted octanol–water partition coefficient (Wildman–Crippen LogP) is 3.00.